The van der Waals surface area contributed by atoms with E-state index in [1.807, 2.05) is 94.6 Å². The number of nitrogens with one attached hydrogen (secondary N) is 2. The van der Waals surface area contributed by atoms with Gasteiger partial charge in [-0.15, -0.1) is 5.10 Å². The average molecular weight is 878 g/mol. The van der Waals surface area contributed by atoms with Crippen LogP contribution in [0, 0.1) is 11.8 Å². The molecule has 308 valence electrons. The molecule has 6 atom stereocenters. The largest absolute Gasteiger partial charge is 0.497 e. The van der Waals surface area contributed by atoms with E-state index in [9.17, 15) is 9.90 Å². The second kappa shape index (κ2) is 17.1. The maximum absolute atomic E-state index is 15.3. The number of hydrogen-bond donors (Lipinski definition) is 3. The molecule has 0 aliphatic carbocycles. The van der Waals surface area contributed by atoms with Crippen molar-refractivity contribution in [1.82, 2.24) is 20.3 Å². The normalized spacial score (nSPS) is 23.4. The number of amides is 2. The zero-order valence-corrected chi connectivity index (χ0v) is 36.7. The number of rotatable bonds is 13. The van der Waals surface area contributed by atoms with E-state index in [0.717, 1.165) is 57.7 Å². The number of aryl methyl sites for hydroxylation is 1. The number of piperidine rings is 1. The summed E-state index contributed by atoms with van der Waals surface area (Å²) in [6.45, 7) is 9.42. The van der Waals surface area contributed by atoms with Crippen molar-refractivity contribution in [2.75, 3.05) is 37.0 Å². The lowest BCUT2D eigenvalue weighted by Crippen LogP contribution is -2.51. The number of aliphatic hydroxyl groups is 1. The van der Waals surface area contributed by atoms with Crippen molar-refractivity contribution in [3.8, 4) is 5.75 Å². The zero-order chi connectivity index (χ0) is 41.3. The second-order valence-corrected chi connectivity index (χ2v) is 22.4. The Morgan fingerprint density at radius 1 is 1.08 bits per heavy atom. The molecule has 13 heteroatoms. The van der Waals surface area contributed by atoms with Crippen LogP contribution in [0.25, 0.3) is 0 Å². The van der Waals surface area contributed by atoms with E-state index in [0.29, 0.717) is 31.7 Å². The van der Waals surface area contributed by atoms with Crippen molar-refractivity contribution < 1.29 is 24.2 Å². The minimum absolute atomic E-state index is 0.0320. The highest BCUT2D eigenvalue weighted by atomic mass is 79.9. The number of aromatic nitrogens is 3. The first-order valence-corrected chi connectivity index (χ1v) is 24.5. The van der Waals surface area contributed by atoms with E-state index in [1.165, 1.54) is 5.19 Å². The van der Waals surface area contributed by atoms with Crippen LogP contribution in [0.1, 0.15) is 54.5 Å². The van der Waals surface area contributed by atoms with Gasteiger partial charge in [0.25, 0.3) is 5.91 Å². The molecule has 1 aromatic heterocycles. The van der Waals surface area contributed by atoms with Crippen LogP contribution in [-0.4, -0.2) is 72.9 Å². The minimum Gasteiger partial charge on any atom is -0.497 e. The van der Waals surface area contributed by atoms with Crippen molar-refractivity contribution >= 4 is 52.4 Å². The molecule has 2 unspecified atom stereocenters. The molecule has 2 amide bonds. The molecular formula is C46H53BrN6O5Si. The van der Waals surface area contributed by atoms with Crippen LogP contribution in [0.5, 0.6) is 5.75 Å². The smallest absolute Gasteiger partial charge is 0.264 e. The molecule has 1 spiro atoms. The molecule has 3 aliphatic rings. The molecule has 0 bridgehead atoms. The number of nitrogens with zero attached hydrogens (tertiary/aromatic N) is 4. The summed E-state index contributed by atoms with van der Waals surface area (Å²) in [4.78, 5) is 30.1. The number of methoxy groups -OCH3 is 1. The molecule has 0 saturated carbocycles. The van der Waals surface area contributed by atoms with Crippen LogP contribution in [0.4, 0.5) is 11.4 Å². The number of hydrogen-bond acceptors (Lipinski definition) is 8. The standard InChI is InChI=1S/C46H53BrN6O5Si/c1-30-43(59(3,4)37-19-17-36(57-2)18-20-37)42(22-24-52-28-40(50-51-52)38(29-54)32-9-6-5-7-10-32)58-46(30)39-25-34(47)14-21-41(39)53(45(46)56)27-31-12-15-35(16-13-31)49-44(55)33-11-8-23-48-26-33/h5-7,9-10,12-21,25,28,30,33,38,42-43,48,54H,8,11,22-24,26-27,29H2,1-4H3,(H,49,55)/t30-,33?,38?,42+,43-,46+/m1/s1. The summed E-state index contributed by atoms with van der Waals surface area (Å²) < 4.78 is 15.6. The molecule has 4 heterocycles. The van der Waals surface area contributed by atoms with Crippen LogP contribution in [0.15, 0.2) is 108 Å². The average Bonchev–Trinajstić information content (AvgIpc) is 3.91. The van der Waals surface area contributed by atoms with Crippen LogP contribution in [-0.2, 0) is 33.0 Å². The molecule has 2 saturated heterocycles. The first kappa shape index (κ1) is 41.1. The van der Waals surface area contributed by atoms with Crippen molar-refractivity contribution in [2.24, 2.45) is 11.8 Å². The Balaban J connectivity index is 1.09. The number of benzene rings is 4. The Kier molecular flexibility index (Phi) is 11.9. The quantitative estimate of drug-likeness (QED) is 0.108. The van der Waals surface area contributed by atoms with Gasteiger partial charge >= 0.3 is 0 Å². The highest BCUT2D eigenvalue weighted by molar-refractivity contribution is 9.10. The Bertz CT molecular complexity index is 2270. The van der Waals surface area contributed by atoms with Gasteiger partial charge in [0.2, 0.25) is 5.91 Å². The topological polar surface area (TPSA) is 131 Å². The second-order valence-electron chi connectivity index (χ2n) is 16.8. The summed E-state index contributed by atoms with van der Waals surface area (Å²) in [5.41, 5.74) is 3.93. The molecular weight excluding hydrogens is 825 g/mol. The third kappa shape index (κ3) is 7.91. The first-order chi connectivity index (χ1) is 28.5. The van der Waals surface area contributed by atoms with Gasteiger partial charge in [0.05, 0.1) is 57.7 Å². The number of halogens is 1. The van der Waals surface area contributed by atoms with E-state index in [1.54, 1.807) is 7.11 Å². The van der Waals surface area contributed by atoms with Crippen LogP contribution in [0.2, 0.25) is 18.6 Å². The molecule has 59 heavy (non-hydrogen) atoms. The summed E-state index contributed by atoms with van der Waals surface area (Å²) in [6.07, 6.45) is 4.13. The number of anilines is 2. The lowest BCUT2D eigenvalue weighted by molar-refractivity contribution is -0.146. The van der Waals surface area contributed by atoms with Crippen LogP contribution < -0.4 is 25.5 Å². The summed E-state index contributed by atoms with van der Waals surface area (Å²) in [5.74, 6) is 0.281. The van der Waals surface area contributed by atoms with Crippen molar-refractivity contribution in [3.05, 3.63) is 130 Å². The SMILES string of the molecule is COc1ccc([Si](C)(C)[C@H]2[C@H](CCn3cc(C(CO)c4ccccc4)nn3)O[C@@]3(C(=O)N(Cc4ccc(NC(=O)C5CCCNC5)cc4)c4ccc(Br)cc43)[C@@H]2C)cc1. The lowest BCUT2D eigenvalue weighted by Gasteiger charge is -2.37. The molecule has 2 fully saturated rings. The molecule has 8 rings (SSSR count). The van der Waals surface area contributed by atoms with Gasteiger partial charge in [-0.1, -0.05) is 101 Å². The summed E-state index contributed by atoms with van der Waals surface area (Å²) in [7, 11) is -0.697. The van der Waals surface area contributed by atoms with Crippen LogP contribution >= 0.6 is 15.9 Å². The van der Waals surface area contributed by atoms with Gasteiger partial charge in [0.1, 0.15) is 5.75 Å². The Morgan fingerprint density at radius 3 is 2.54 bits per heavy atom. The zero-order valence-electron chi connectivity index (χ0n) is 34.1. The monoisotopic (exact) mass is 876 g/mol. The number of carbonyl (C=O) groups is 2. The van der Waals surface area contributed by atoms with Crippen molar-refractivity contribution in [3.63, 3.8) is 0 Å². The summed E-state index contributed by atoms with van der Waals surface area (Å²) in [6, 6.07) is 32.1. The van der Waals surface area contributed by atoms with Crippen molar-refractivity contribution in [1.29, 1.82) is 0 Å². The predicted octanol–water partition coefficient (Wildman–Crippen LogP) is 6.96. The number of carbonyl (C=O) groups excluding carboxylic acids is 2. The highest BCUT2D eigenvalue weighted by Gasteiger charge is 2.66. The Hall–Kier alpha value is -4.66. The van der Waals surface area contributed by atoms with Crippen molar-refractivity contribution in [2.45, 2.75) is 75.5 Å². The maximum Gasteiger partial charge on any atom is 0.264 e. The van der Waals surface area contributed by atoms with E-state index in [2.05, 4.69) is 75.1 Å². The lowest BCUT2D eigenvalue weighted by atomic mass is 9.82. The highest BCUT2D eigenvalue weighted by Crippen LogP contribution is 2.60. The fourth-order valence-electron chi connectivity index (χ4n) is 9.81. The van der Waals surface area contributed by atoms with Gasteiger partial charge < -0.3 is 30.1 Å². The van der Waals surface area contributed by atoms with E-state index >= 15 is 4.79 Å². The maximum atomic E-state index is 15.3. The molecule has 5 aromatic rings. The third-order valence-corrected chi connectivity index (χ3v) is 17.8. The van der Waals surface area contributed by atoms with Gasteiger partial charge in [-0.2, -0.15) is 0 Å². The predicted molar refractivity (Wildman–Crippen MR) is 236 cm³/mol. The van der Waals surface area contributed by atoms with Crippen LogP contribution in [0.3, 0.4) is 0 Å². The molecule has 0 radical (unpaired) electrons. The molecule has 4 aromatic carbocycles. The van der Waals surface area contributed by atoms with Gasteiger partial charge in [-0.05, 0) is 84.9 Å². The van der Waals surface area contributed by atoms with E-state index < -0.39 is 13.7 Å². The molecule has 11 nitrogen and oxygen atoms in total. The Morgan fingerprint density at radius 2 is 1.85 bits per heavy atom. The number of fused-ring (bicyclic) bond motifs is 2. The number of aliphatic hydroxyl groups excluding tert-OH is 1. The van der Waals surface area contributed by atoms with E-state index in [4.69, 9.17) is 9.47 Å². The summed E-state index contributed by atoms with van der Waals surface area (Å²) >= 11 is 3.73. The van der Waals surface area contributed by atoms with Gasteiger partial charge in [-0.25, -0.2) is 0 Å². The third-order valence-electron chi connectivity index (χ3n) is 13.0. The van der Waals surface area contributed by atoms with Gasteiger partial charge in [0, 0.05) is 40.9 Å². The molecule has 3 aliphatic heterocycles. The van der Waals surface area contributed by atoms with E-state index in [-0.39, 0.29) is 47.8 Å². The van der Waals surface area contributed by atoms with Gasteiger partial charge in [-0.3, -0.25) is 14.3 Å². The Labute approximate surface area is 355 Å². The molecule has 3 N–H and O–H groups in total. The summed E-state index contributed by atoms with van der Waals surface area (Å²) in [5, 5.41) is 27.0. The fraction of sp³-hybridized carbons (Fsp3) is 0.391. The minimum atomic E-state index is -2.38. The fourth-order valence-corrected chi connectivity index (χ4v) is 14.2. The first-order valence-electron chi connectivity index (χ1n) is 20.6. The number of ether oxygens (including phenoxy) is 2. The van der Waals surface area contributed by atoms with Gasteiger partial charge in [0.15, 0.2) is 5.60 Å².